The molecule has 0 saturated heterocycles. The van der Waals surface area contributed by atoms with E-state index < -0.39 is 0 Å². The van der Waals surface area contributed by atoms with Gasteiger partial charge < -0.3 is 0 Å². The Morgan fingerprint density at radius 2 is 2.08 bits per heavy atom. The summed E-state index contributed by atoms with van der Waals surface area (Å²) in [5.41, 5.74) is 1.30. The lowest BCUT2D eigenvalue weighted by Crippen LogP contribution is -1.84. The predicted octanol–water partition coefficient (Wildman–Crippen LogP) is 3.41. The van der Waals surface area contributed by atoms with Gasteiger partial charge in [-0.05, 0) is 30.5 Å². The Morgan fingerprint density at radius 1 is 1.17 bits per heavy atom. The fraction of sp³-hybridized carbons (Fsp3) is 0.500. The molecule has 0 aliphatic rings. The van der Waals surface area contributed by atoms with Gasteiger partial charge in [-0.25, -0.2) is 0 Å². The molecule has 1 aromatic rings. The van der Waals surface area contributed by atoms with Gasteiger partial charge in [0.25, 0.3) is 0 Å². The topological polar surface area (TPSA) is 0 Å². The van der Waals surface area contributed by atoms with Crippen LogP contribution in [0.3, 0.4) is 0 Å². The molecule has 0 unspecified atom stereocenters. The summed E-state index contributed by atoms with van der Waals surface area (Å²) in [4.78, 5) is 0. The lowest BCUT2D eigenvalue weighted by atomic mass is 10.1. The summed E-state index contributed by atoms with van der Waals surface area (Å²) in [6.07, 6.45) is 6.47. The van der Waals surface area contributed by atoms with E-state index in [4.69, 9.17) is 0 Å². The highest BCUT2D eigenvalue weighted by Gasteiger charge is 1.91. The molecule has 0 amide bonds. The van der Waals surface area contributed by atoms with Gasteiger partial charge in [0.2, 0.25) is 0 Å². The van der Waals surface area contributed by atoms with Crippen LogP contribution in [0.1, 0.15) is 38.2 Å². The van der Waals surface area contributed by atoms with E-state index in [1.54, 1.807) is 0 Å². The summed E-state index contributed by atoms with van der Waals surface area (Å²) in [6.45, 7) is 2.24. The van der Waals surface area contributed by atoms with E-state index in [1.807, 2.05) is 18.2 Å². The first-order chi connectivity index (χ1) is 5.93. The zero-order chi connectivity index (χ0) is 8.65. The van der Waals surface area contributed by atoms with Gasteiger partial charge in [0.15, 0.2) is 0 Å². The number of rotatable bonds is 5. The van der Waals surface area contributed by atoms with E-state index in [1.165, 1.54) is 31.2 Å². The number of unbranched alkanes of at least 4 members (excludes halogenated alkanes) is 3. The maximum Gasteiger partial charge on any atom is -0.0149 e. The minimum Gasteiger partial charge on any atom is -0.0654 e. The van der Waals surface area contributed by atoms with Crippen molar-refractivity contribution in [2.24, 2.45) is 0 Å². The summed E-state index contributed by atoms with van der Waals surface area (Å²) in [5, 5.41) is 0. The Labute approximate surface area is 75.6 Å². The van der Waals surface area contributed by atoms with Crippen LogP contribution in [0, 0.1) is 12.1 Å². The highest BCUT2D eigenvalue weighted by molar-refractivity contribution is 5.11. The zero-order valence-corrected chi connectivity index (χ0v) is 7.77. The number of hydrogen-bond acceptors (Lipinski definition) is 0. The molecule has 0 spiro atoms. The first kappa shape index (κ1) is 9.31. The summed E-state index contributed by atoms with van der Waals surface area (Å²) >= 11 is 0. The largest absolute Gasteiger partial charge is 0.0654 e. The van der Waals surface area contributed by atoms with E-state index in [2.05, 4.69) is 19.1 Å². The molecule has 0 aromatic heterocycles. The molecule has 0 aliphatic heterocycles. The van der Waals surface area contributed by atoms with Crippen LogP contribution in [-0.4, -0.2) is 0 Å². The molecule has 0 nitrogen and oxygen atoms in total. The average molecular weight is 160 g/mol. The molecule has 0 heteroatoms. The molecule has 0 fully saturated rings. The van der Waals surface area contributed by atoms with Crippen molar-refractivity contribution in [1.29, 1.82) is 0 Å². The van der Waals surface area contributed by atoms with Gasteiger partial charge in [-0.2, -0.15) is 0 Å². The Kier molecular flexibility index (Phi) is 4.51. The van der Waals surface area contributed by atoms with Crippen molar-refractivity contribution in [2.45, 2.75) is 39.0 Å². The van der Waals surface area contributed by atoms with Crippen LogP contribution in [0.15, 0.2) is 18.2 Å². The summed E-state index contributed by atoms with van der Waals surface area (Å²) < 4.78 is 0. The molecule has 0 saturated carbocycles. The van der Waals surface area contributed by atoms with Gasteiger partial charge in [0.1, 0.15) is 0 Å². The molecule has 0 N–H and O–H groups in total. The van der Waals surface area contributed by atoms with Crippen LogP contribution < -0.4 is 0 Å². The first-order valence-corrected chi connectivity index (χ1v) is 4.80. The van der Waals surface area contributed by atoms with Gasteiger partial charge in [-0.15, -0.1) is 0 Å². The van der Waals surface area contributed by atoms with E-state index in [0.29, 0.717) is 0 Å². The molecule has 0 aliphatic carbocycles. The zero-order valence-electron chi connectivity index (χ0n) is 7.77. The van der Waals surface area contributed by atoms with E-state index in [-0.39, 0.29) is 0 Å². The lowest BCUT2D eigenvalue weighted by molar-refractivity contribution is 0.666. The highest BCUT2D eigenvalue weighted by Crippen LogP contribution is 2.06. The minimum absolute atomic E-state index is 1.16. The van der Waals surface area contributed by atoms with Gasteiger partial charge in [0, 0.05) is 0 Å². The average Bonchev–Trinajstić information content (AvgIpc) is 2.14. The fourth-order valence-corrected chi connectivity index (χ4v) is 1.27. The molecular formula is C12H16. The molecule has 0 bridgehead atoms. The Hall–Kier alpha value is -0.780. The van der Waals surface area contributed by atoms with E-state index in [9.17, 15) is 0 Å². The van der Waals surface area contributed by atoms with Crippen molar-refractivity contribution in [3.8, 4) is 0 Å². The summed E-state index contributed by atoms with van der Waals surface area (Å²) in [6, 6.07) is 12.2. The maximum absolute atomic E-state index is 3.21. The van der Waals surface area contributed by atoms with Crippen molar-refractivity contribution in [1.82, 2.24) is 0 Å². The van der Waals surface area contributed by atoms with Crippen LogP contribution in [0.4, 0.5) is 0 Å². The van der Waals surface area contributed by atoms with Crippen molar-refractivity contribution >= 4 is 0 Å². The standard InChI is InChI=1S/C12H16/c1-2-3-4-6-9-12-10-7-5-8-11-12/h5,7,11H,2-4,6,9H2,1H3. The molecule has 2 radical (unpaired) electrons. The van der Waals surface area contributed by atoms with Crippen LogP contribution in [-0.2, 0) is 6.42 Å². The molecular weight excluding hydrogens is 144 g/mol. The van der Waals surface area contributed by atoms with Crippen LogP contribution in [0.2, 0.25) is 0 Å². The second-order valence-corrected chi connectivity index (χ2v) is 3.12. The van der Waals surface area contributed by atoms with E-state index in [0.717, 1.165) is 6.42 Å². The Bertz CT molecular complexity index is 188. The molecule has 64 valence electrons. The number of hydrogen-bond donors (Lipinski definition) is 0. The second-order valence-electron chi connectivity index (χ2n) is 3.12. The highest BCUT2D eigenvalue weighted by atomic mass is 14.0. The summed E-state index contributed by atoms with van der Waals surface area (Å²) in [5.74, 6) is 0. The smallest absolute Gasteiger partial charge is 0.0149 e. The number of benzene rings is 1. The normalized spacial score (nSPS) is 10.1. The van der Waals surface area contributed by atoms with Crippen molar-refractivity contribution in [3.63, 3.8) is 0 Å². The molecule has 1 rings (SSSR count). The summed E-state index contributed by atoms with van der Waals surface area (Å²) in [7, 11) is 0. The van der Waals surface area contributed by atoms with Gasteiger partial charge in [-0.1, -0.05) is 44.4 Å². The third-order valence-electron chi connectivity index (χ3n) is 2.01. The maximum atomic E-state index is 3.21. The molecule has 0 atom stereocenters. The van der Waals surface area contributed by atoms with E-state index >= 15 is 0 Å². The minimum atomic E-state index is 1.16. The molecule has 0 heterocycles. The van der Waals surface area contributed by atoms with Gasteiger partial charge in [0.05, 0.1) is 0 Å². The van der Waals surface area contributed by atoms with Crippen molar-refractivity contribution in [2.75, 3.05) is 0 Å². The monoisotopic (exact) mass is 160 g/mol. The SMILES string of the molecule is CCCCCCc1[c]cc[c]c1. The fourth-order valence-electron chi connectivity index (χ4n) is 1.27. The lowest BCUT2D eigenvalue weighted by Gasteiger charge is -1.98. The van der Waals surface area contributed by atoms with Crippen molar-refractivity contribution in [3.05, 3.63) is 35.9 Å². The molecule has 12 heavy (non-hydrogen) atoms. The van der Waals surface area contributed by atoms with Crippen LogP contribution in [0.5, 0.6) is 0 Å². The first-order valence-electron chi connectivity index (χ1n) is 4.80. The molecule has 1 aromatic carbocycles. The van der Waals surface area contributed by atoms with Gasteiger partial charge >= 0.3 is 0 Å². The third-order valence-corrected chi connectivity index (χ3v) is 2.01. The third kappa shape index (κ3) is 3.56. The Balaban J connectivity index is 2.16. The Morgan fingerprint density at radius 3 is 2.75 bits per heavy atom. The van der Waals surface area contributed by atoms with Gasteiger partial charge in [-0.3, -0.25) is 0 Å². The van der Waals surface area contributed by atoms with Crippen LogP contribution in [0.25, 0.3) is 0 Å². The quantitative estimate of drug-likeness (QED) is 0.579. The number of aryl methyl sites for hydroxylation is 1. The second kappa shape index (κ2) is 5.82. The van der Waals surface area contributed by atoms with Crippen molar-refractivity contribution < 1.29 is 0 Å². The predicted molar refractivity (Wildman–Crippen MR) is 52.0 cm³/mol. The van der Waals surface area contributed by atoms with Crippen LogP contribution >= 0.6 is 0 Å².